The largest absolute Gasteiger partial charge is 0.444 e. The molecule has 96 valence electrons. The van der Waals surface area contributed by atoms with E-state index < -0.39 is 5.60 Å². The molecule has 1 amide bonds. The molecule has 0 N–H and O–H groups in total. The molecule has 0 aliphatic carbocycles. The van der Waals surface area contributed by atoms with Gasteiger partial charge in [0.2, 0.25) is 6.08 Å². The SMILES string of the molecule is CC(N=C=O)C1CCCN1C(=O)OC(C)(C)C. The quantitative estimate of drug-likeness (QED) is 0.548. The highest BCUT2D eigenvalue weighted by Crippen LogP contribution is 2.24. The fourth-order valence-corrected chi connectivity index (χ4v) is 2.01. The van der Waals surface area contributed by atoms with Gasteiger partial charge in [0, 0.05) is 6.54 Å². The van der Waals surface area contributed by atoms with Crippen LogP contribution >= 0.6 is 0 Å². The number of amides is 1. The molecule has 1 saturated heterocycles. The second kappa shape index (κ2) is 5.32. The summed E-state index contributed by atoms with van der Waals surface area (Å²) >= 11 is 0. The number of hydrogen-bond donors (Lipinski definition) is 0. The van der Waals surface area contributed by atoms with Gasteiger partial charge in [0.05, 0.1) is 12.1 Å². The van der Waals surface area contributed by atoms with Gasteiger partial charge in [-0.05, 0) is 40.5 Å². The maximum atomic E-state index is 11.9. The molecular weight excluding hydrogens is 220 g/mol. The van der Waals surface area contributed by atoms with Gasteiger partial charge in [-0.3, -0.25) is 0 Å². The Balaban J connectivity index is 2.69. The van der Waals surface area contributed by atoms with Crippen molar-refractivity contribution < 1.29 is 14.3 Å². The summed E-state index contributed by atoms with van der Waals surface area (Å²) in [5, 5.41) is 0. The first kappa shape index (κ1) is 13.7. The topological polar surface area (TPSA) is 59.0 Å². The lowest BCUT2D eigenvalue weighted by Crippen LogP contribution is -2.43. The van der Waals surface area contributed by atoms with Gasteiger partial charge in [-0.15, -0.1) is 0 Å². The number of hydrogen-bond acceptors (Lipinski definition) is 4. The van der Waals surface area contributed by atoms with Crippen molar-refractivity contribution in [2.45, 2.75) is 58.2 Å². The van der Waals surface area contributed by atoms with Crippen molar-refractivity contribution in [2.75, 3.05) is 6.54 Å². The Labute approximate surface area is 102 Å². The van der Waals surface area contributed by atoms with Gasteiger partial charge in [0.15, 0.2) is 0 Å². The monoisotopic (exact) mass is 240 g/mol. The lowest BCUT2D eigenvalue weighted by molar-refractivity contribution is 0.0211. The molecule has 0 saturated carbocycles. The number of likely N-dealkylation sites (tertiary alicyclic amines) is 1. The Morgan fingerprint density at radius 2 is 2.18 bits per heavy atom. The molecule has 5 heteroatoms. The first-order chi connectivity index (χ1) is 7.85. The van der Waals surface area contributed by atoms with Crippen molar-refractivity contribution in [1.82, 2.24) is 4.90 Å². The third-order valence-electron chi connectivity index (χ3n) is 2.74. The van der Waals surface area contributed by atoms with E-state index in [1.165, 1.54) is 0 Å². The lowest BCUT2D eigenvalue weighted by Gasteiger charge is -2.29. The predicted octanol–water partition coefficient (Wildman–Crippen LogP) is 2.11. The predicted molar refractivity (Wildman–Crippen MR) is 63.5 cm³/mol. The zero-order valence-electron chi connectivity index (χ0n) is 10.9. The maximum Gasteiger partial charge on any atom is 0.410 e. The third-order valence-corrected chi connectivity index (χ3v) is 2.74. The number of isocyanates is 1. The standard InChI is InChI=1S/C12H20N2O3/c1-9(13-8-15)10-6-5-7-14(10)11(16)17-12(2,3)4/h9-10H,5-7H2,1-4H3. The molecule has 0 radical (unpaired) electrons. The van der Waals surface area contributed by atoms with Crippen molar-refractivity contribution in [3.63, 3.8) is 0 Å². The number of nitrogens with zero attached hydrogens (tertiary/aromatic N) is 2. The van der Waals surface area contributed by atoms with Crippen LogP contribution in [-0.2, 0) is 9.53 Å². The minimum absolute atomic E-state index is 0.0497. The van der Waals surface area contributed by atoms with E-state index in [9.17, 15) is 9.59 Å². The van der Waals surface area contributed by atoms with E-state index in [0.717, 1.165) is 12.8 Å². The molecule has 0 bridgehead atoms. The van der Waals surface area contributed by atoms with Crippen LogP contribution in [0.2, 0.25) is 0 Å². The first-order valence-electron chi connectivity index (χ1n) is 5.92. The zero-order chi connectivity index (χ0) is 13.1. The van der Waals surface area contributed by atoms with Crippen LogP contribution in [0.15, 0.2) is 4.99 Å². The molecule has 5 nitrogen and oxygen atoms in total. The molecule has 0 aromatic carbocycles. The number of carbonyl (C=O) groups excluding carboxylic acids is 2. The van der Waals surface area contributed by atoms with E-state index in [1.807, 2.05) is 27.7 Å². The molecule has 0 aromatic rings. The van der Waals surface area contributed by atoms with E-state index in [-0.39, 0.29) is 18.2 Å². The molecule has 1 rings (SSSR count). The Morgan fingerprint density at radius 1 is 1.53 bits per heavy atom. The second-order valence-electron chi connectivity index (χ2n) is 5.34. The van der Waals surface area contributed by atoms with E-state index in [2.05, 4.69) is 4.99 Å². The average molecular weight is 240 g/mol. The van der Waals surface area contributed by atoms with E-state index in [1.54, 1.807) is 11.0 Å². The van der Waals surface area contributed by atoms with Gasteiger partial charge >= 0.3 is 6.09 Å². The molecule has 0 spiro atoms. The number of rotatable bonds is 2. The second-order valence-corrected chi connectivity index (χ2v) is 5.34. The first-order valence-corrected chi connectivity index (χ1v) is 5.92. The third kappa shape index (κ3) is 3.86. The van der Waals surface area contributed by atoms with Crippen LogP contribution in [0.3, 0.4) is 0 Å². The van der Waals surface area contributed by atoms with Crippen LogP contribution in [0.1, 0.15) is 40.5 Å². The summed E-state index contributed by atoms with van der Waals surface area (Å²) in [4.78, 5) is 27.5. The van der Waals surface area contributed by atoms with Gasteiger partial charge in [0.1, 0.15) is 5.60 Å². The normalized spacial score (nSPS) is 21.9. The van der Waals surface area contributed by atoms with Crippen LogP contribution in [-0.4, -0.2) is 41.3 Å². The Hall–Kier alpha value is -1.35. The van der Waals surface area contributed by atoms with Crippen molar-refractivity contribution in [2.24, 2.45) is 4.99 Å². The summed E-state index contributed by atoms with van der Waals surface area (Å²) < 4.78 is 5.33. The molecule has 2 atom stereocenters. The van der Waals surface area contributed by atoms with Crippen molar-refractivity contribution in [1.29, 1.82) is 0 Å². The minimum atomic E-state index is -0.499. The van der Waals surface area contributed by atoms with Gasteiger partial charge in [-0.1, -0.05) is 0 Å². The zero-order valence-corrected chi connectivity index (χ0v) is 10.9. The molecule has 1 aliphatic heterocycles. The molecule has 1 fully saturated rings. The fourth-order valence-electron chi connectivity index (χ4n) is 2.01. The molecule has 0 aromatic heterocycles. The summed E-state index contributed by atoms with van der Waals surface area (Å²) in [6.07, 6.45) is 2.99. The number of ether oxygens (including phenoxy) is 1. The van der Waals surface area contributed by atoms with Gasteiger partial charge in [-0.2, -0.15) is 0 Å². The Bertz CT molecular complexity index is 329. The van der Waals surface area contributed by atoms with Crippen molar-refractivity contribution in [3.8, 4) is 0 Å². The maximum absolute atomic E-state index is 11.9. The summed E-state index contributed by atoms with van der Waals surface area (Å²) in [6, 6.07) is -0.270. The molecule has 17 heavy (non-hydrogen) atoms. The molecule has 1 heterocycles. The summed E-state index contributed by atoms with van der Waals surface area (Å²) in [5.74, 6) is 0. The van der Waals surface area contributed by atoms with Crippen LogP contribution in [0.4, 0.5) is 4.79 Å². The highest BCUT2D eigenvalue weighted by atomic mass is 16.6. The number of aliphatic imine (C=N–C) groups is 1. The lowest BCUT2D eigenvalue weighted by atomic mass is 10.1. The average Bonchev–Trinajstić information content (AvgIpc) is 2.63. The van der Waals surface area contributed by atoms with E-state index >= 15 is 0 Å². The summed E-state index contributed by atoms with van der Waals surface area (Å²) in [5.41, 5.74) is -0.499. The highest BCUT2D eigenvalue weighted by molar-refractivity contribution is 5.69. The fraction of sp³-hybridized carbons (Fsp3) is 0.833. The Morgan fingerprint density at radius 3 is 2.71 bits per heavy atom. The van der Waals surface area contributed by atoms with E-state index in [4.69, 9.17) is 4.74 Å². The van der Waals surface area contributed by atoms with Crippen LogP contribution in [0, 0.1) is 0 Å². The van der Waals surface area contributed by atoms with Gasteiger partial charge in [0.25, 0.3) is 0 Å². The van der Waals surface area contributed by atoms with Crippen LogP contribution < -0.4 is 0 Å². The highest BCUT2D eigenvalue weighted by Gasteiger charge is 2.35. The molecule has 1 aliphatic rings. The van der Waals surface area contributed by atoms with E-state index in [0.29, 0.717) is 6.54 Å². The van der Waals surface area contributed by atoms with Crippen molar-refractivity contribution >= 4 is 12.2 Å². The Kier molecular flexibility index (Phi) is 4.29. The van der Waals surface area contributed by atoms with Crippen LogP contribution in [0.25, 0.3) is 0 Å². The van der Waals surface area contributed by atoms with Crippen LogP contribution in [0.5, 0.6) is 0 Å². The van der Waals surface area contributed by atoms with Gasteiger partial charge < -0.3 is 9.64 Å². The smallest absolute Gasteiger partial charge is 0.410 e. The molecule has 2 unspecified atom stereocenters. The summed E-state index contributed by atoms with van der Waals surface area (Å²) in [7, 11) is 0. The van der Waals surface area contributed by atoms with Gasteiger partial charge in [-0.25, -0.2) is 14.6 Å². The molecular formula is C12H20N2O3. The van der Waals surface area contributed by atoms with Crippen molar-refractivity contribution in [3.05, 3.63) is 0 Å². The minimum Gasteiger partial charge on any atom is -0.444 e. The number of carbonyl (C=O) groups is 1. The summed E-state index contributed by atoms with van der Waals surface area (Å²) in [6.45, 7) is 7.99.